The molecule has 0 saturated carbocycles. The van der Waals surface area contributed by atoms with Crippen molar-refractivity contribution < 1.29 is 9.90 Å². The summed E-state index contributed by atoms with van der Waals surface area (Å²) in [7, 11) is 0. The van der Waals surface area contributed by atoms with Crippen LogP contribution in [-0.4, -0.2) is 47.2 Å². The van der Waals surface area contributed by atoms with Crippen molar-refractivity contribution in [3.05, 3.63) is 18.0 Å². The number of anilines is 1. The van der Waals surface area contributed by atoms with Gasteiger partial charge in [0.1, 0.15) is 0 Å². The van der Waals surface area contributed by atoms with Crippen LogP contribution in [0.5, 0.6) is 0 Å². The van der Waals surface area contributed by atoms with Crippen molar-refractivity contribution in [1.29, 1.82) is 0 Å². The van der Waals surface area contributed by atoms with E-state index in [0.717, 1.165) is 26.2 Å². The van der Waals surface area contributed by atoms with Crippen LogP contribution in [0.3, 0.4) is 0 Å². The molecule has 86 valence electrons. The molecule has 0 amide bonds. The Balaban J connectivity index is 2.03. The predicted octanol–water partition coefficient (Wildman–Crippen LogP) is -0.487. The van der Waals surface area contributed by atoms with Crippen LogP contribution in [0.2, 0.25) is 0 Å². The van der Waals surface area contributed by atoms with E-state index in [2.05, 4.69) is 20.2 Å². The standard InChI is InChI=1S/C10H14N4O2/c15-9(16)5-8-6-12-10(13-7-8)14-3-1-11-2-4-14/h6-7,11H,1-5H2,(H,15,16). The molecule has 0 aromatic carbocycles. The minimum Gasteiger partial charge on any atom is -0.481 e. The molecule has 2 rings (SSSR count). The van der Waals surface area contributed by atoms with E-state index >= 15 is 0 Å². The summed E-state index contributed by atoms with van der Waals surface area (Å²) in [5.74, 6) is -0.186. The fourth-order valence-electron chi connectivity index (χ4n) is 1.64. The molecule has 1 aromatic rings. The SMILES string of the molecule is O=C(O)Cc1cnc(N2CCNCC2)nc1. The van der Waals surface area contributed by atoms with Crippen LogP contribution in [0.15, 0.2) is 12.4 Å². The Kier molecular flexibility index (Phi) is 3.31. The first-order chi connectivity index (χ1) is 7.75. The second-order valence-electron chi connectivity index (χ2n) is 3.70. The van der Waals surface area contributed by atoms with Gasteiger partial charge < -0.3 is 15.3 Å². The average Bonchev–Trinajstić information content (AvgIpc) is 2.30. The number of nitrogens with one attached hydrogen (secondary N) is 1. The van der Waals surface area contributed by atoms with E-state index in [1.54, 1.807) is 12.4 Å². The van der Waals surface area contributed by atoms with E-state index in [-0.39, 0.29) is 6.42 Å². The van der Waals surface area contributed by atoms with E-state index in [9.17, 15) is 4.79 Å². The lowest BCUT2D eigenvalue weighted by Gasteiger charge is -2.27. The summed E-state index contributed by atoms with van der Waals surface area (Å²) in [6.45, 7) is 3.64. The Morgan fingerprint density at radius 3 is 2.56 bits per heavy atom. The molecule has 0 radical (unpaired) electrons. The number of aliphatic carboxylic acids is 1. The van der Waals surface area contributed by atoms with E-state index < -0.39 is 5.97 Å². The van der Waals surface area contributed by atoms with Gasteiger partial charge in [-0.1, -0.05) is 0 Å². The largest absolute Gasteiger partial charge is 0.481 e. The van der Waals surface area contributed by atoms with Gasteiger partial charge in [-0.05, 0) is 0 Å². The summed E-state index contributed by atoms with van der Waals surface area (Å²) in [6.07, 6.45) is 3.14. The number of carboxylic acids is 1. The highest BCUT2D eigenvalue weighted by atomic mass is 16.4. The molecular weight excluding hydrogens is 208 g/mol. The smallest absolute Gasteiger partial charge is 0.307 e. The lowest BCUT2D eigenvalue weighted by molar-refractivity contribution is -0.136. The molecule has 16 heavy (non-hydrogen) atoms. The van der Waals surface area contributed by atoms with Crippen LogP contribution < -0.4 is 10.2 Å². The normalized spacial score (nSPS) is 16.1. The first-order valence-corrected chi connectivity index (χ1v) is 5.24. The van der Waals surface area contributed by atoms with Gasteiger partial charge in [-0.25, -0.2) is 9.97 Å². The van der Waals surface area contributed by atoms with Crippen molar-refractivity contribution in [3.63, 3.8) is 0 Å². The summed E-state index contributed by atoms with van der Waals surface area (Å²) in [4.78, 5) is 20.9. The molecule has 0 atom stereocenters. The van der Waals surface area contributed by atoms with E-state index in [4.69, 9.17) is 5.11 Å². The molecule has 6 heteroatoms. The molecule has 0 aliphatic carbocycles. The second-order valence-corrected chi connectivity index (χ2v) is 3.70. The Labute approximate surface area is 93.3 Å². The minimum absolute atomic E-state index is 0.0260. The molecule has 2 heterocycles. The van der Waals surface area contributed by atoms with Crippen molar-refractivity contribution in [3.8, 4) is 0 Å². The van der Waals surface area contributed by atoms with Gasteiger partial charge in [0.05, 0.1) is 6.42 Å². The third-order valence-corrected chi connectivity index (χ3v) is 2.45. The number of nitrogens with zero attached hydrogens (tertiary/aromatic N) is 3. The minimum atomic E-state index is -0.862. The van der Waals surface area contributed by atoms with Crippen molar-refractivity contribution >= 4 is 11.9 Å². The van der Waals surface area contributed by atoms with Crippen molar-refractivity contribution in [2.75, 3.05) is 31.1 Å². The number of carbonyl (C=O) groups is 1. The number of hydrogen-bond acceptors (Lipinski definition) is 5. The molecule has 0 bridgehead atoms. The summed E-state index contributed by atoms with van der Waals surface area (Å²) < 4.78 is 0. The Bertz CT molecular complexity index is 360. The van der Waals surface area contributed by atoms with Gasteiger partial charge in [0.2, 0.25) is 5.95 Å². The van der Waals surface area contributed by atoms with Crippen molar-refractivity contribution in [2.45, 2.75) is 6.42 Å². The highest BCUT2D eigenvalue weighted by Gasteiger charge is 2.12. The molecule has 1 aromatic heterocycles. The lowest BCUT2D eigenvalue weighted by Crippen LogP contribution is -2.44. The number of aromatic nitrogens is 2. The van der Waals surface area contributed by atoms with Gasteiger partial charge >= 0.3 is 5.97 Å². The quantitative estimate of drug-likeness (QED) is 0.718. The topological polar surface area (TPSA) is 78.3 Å². The van der Waals surface area contributed by atoms with Crippen molar-refractivity contribution in [1.82, 2.24) is 15.3 Å². The maximum Gasteiger partial charge on any atom is 0.307 e. The Morgan fingerprint density at radius 1 is 1.38 bits per heavy atom. The highest BCUT2D eigenvalue weighted by Crippen LogP contribution is 2.08. The number of rotatable bonds is 3. The summed E-state index contributed by atoms with van der Waals surface area (Å²) in [6, 6.07) is 0. The zero-order valence-electron chi connectivity index (χ0n) is 8.89. The van der Waals surface area contributed by atoms with Gasteiger partial charge in [-0.15, -0.1) is 0 Å². The summed E-state index contributed by atoms with van der Waals surface area (Å²) >= 11 is 0. The van der Waals surface area contributed by atoms with Crippen molar-refractivity contribution in [2.24, 2.45) is 0 Å². The highest BCUT2D eigenvalue weighted by molar-refractivity contribution is 5.69. The molecule has 0 spiro atoms. The Morgan fingerprint density at radius 2 is 2.00 bits per heavy atom. The maximum atomic E-state index is 10.5. The van der Waals surface area contributed by atoms with Gasteiger partial charge in [0.25, 0.3) is 0 Å². The molecule has 6 nitrogen and oxygen atoms in total. The summed E-state index contributed by atoms with van der Waals surface area (Å²) in [5, 5.41) is 11.9. The van der Waals surface area contributed by atoms with Gasteiger partial charge in [0.15, 0.2) is 0 Å². The third-order valence-electron chi connectivity index (χ3n) is 2.45. The predicted molar refractivity (Wildman–Crippen MR) is 58.5 cm³/mol. The fourth-order valence-corrected chi connectivity index (χ4v) is 1.64. The lowest BCUT2D eigenvalue weighted by atomic mass is 10.2. The van der Waals surface area contributed by atoms with Crippen LogP contribution in [0, 0.1) is 0 Å². The number of carboxylic acid groups (broad SMARTS) is 1. The van der Waals surface area contributed by atoms with Crippen LogP contribution in [0.4, 0.5) is 5.95 Å². The van der Waals surface area contributed by atoms with Crippen LogP contribution in [-0.2, 0) is 11.2 Å². The van der Waals surface area contributed by atoms with Crippen LogP contribution >= 0.6 is 0 Å². The first kappa shape index (κ1) is 10.8. The molecule has 1 aliphatic heterocycles. The zero-order valence-corrected chi connectivity index (χ0v) is 8.89. The monoisotopic (exact) mass is 222 g/mol. The van der Waals surface area contributed by atoms with E-state index in [1.165, 1.54) is 0 Å². The first-order valence-electron chi connectivity index (χ1n) is 5.24. The van der Waals surface area contributed by atoms with E-state index in [1.807, 2.05) is 0 Å². The Hall–Kier alpha value is -1.69. The molecule has 0 unspecified atom stereocenters. The van der Waals surface area contributed by atoms with Gasteiger partial charge in [-0.3, -0.25) is 4.79 Å². The third kappa shape index (κ3) is 2.66. The van der Waals surface area contributed by atoms with Crippen LogP contribution in [0.1, 0.15) is 5.56 Å². The second kappa shape index (κ2) is 4.89. The molecule has 1 saturated heterocycles. The van der Waals surface area contributed by atoms with Crippen LogP contribution in [0.25, 0.3) is 0 Å². The maximum absolute atomic E-state index is 10.5. The number of hydrogen-bond donors (Lipinski definition) is 2. The van der Waals surface area contributed by atoms with Gasteiger partial charge in [-0.2, -0.15) is 0 Å². The molecule has 1 fully saturated rings. The van der Waals surface area contributed by atoms with Gasteiger partial charge in [0, 0.05) is 44.1 Å². The summed E-state index contributed by atoms with van der Waals surface area (Å²) in [5.41, 5.74) is 0.631. The zero-order chi connectivity index (χ0) is 11.4. The number of piperazine rings is 1. The average molecular weight is 222 g/mol. The molecule has 1 aliphatic rings. The fraction of sp³-hybridized carbons (Fsp3) is 0.500. The molecular formula is C10H14N4O2. The van der Waals surface area contributed by atoms with E-state index in [0.29, 0.717) is 11.5 Å². The molecule has 2 N–H and O–H groups in total.